The van der Waals surface area contributed by atoms with Gasteiger partial charge in [-0.3, -0.25) is 0 Å². The van der Waals surface area contributed by atoms with Crippen LogP contribution in [0.5, 0.6) is 0 Å². The van der Waals surface area contributed by atoms with Gasteiger partial charge in [-0.1, -0.05) is 62.7 Å². The second kappa shape index (κ2) is 4.54. The van der Waals surface area contributed by atoms with E-state index in [9.17, 15) is 0 Å². The van der Waals surface area contributed by atoms with Crippen molar-refractivity contribution < 1.29 is 18.9 Å². The van der Waals surface area contributed by atoms with Gasteiger partial charge in [0.15, 0.2) is 0 Å². The second-order valence-corrected chi connectivity index (χ2v) is 5.75. The number of fused-ring (bicyclic) bond motifs is 3. The van der Waals surface area contributed by atoms with Crippen molar-refractivity contribution in [2.24, 2.45) is 0 Å². The molecule has 0 saturated heterocycles. The molecule has 0 aliphatic heterocycles. The zero-order valence-corrected chi connectivity index (χ0v) is 11.6. The Morgan fingerprint density at radius 3 is 2.22 bits per heavy atom. The van der Waals surface area contributed by atoms with Crippen molar-refractivity contribution in [2.75, 3.05) is 0 Å². The first-order valence-corrected chi connectivity index (χ1v) is 6.15. The van der Waals surface area contributed by atoms with Crippen molar-refractivity contribution in [3.8, 4) is 0 Å². The molecule has 0 atom stereocenters. The first kappa shape index (κ1) is 13.3. The molecule has 0 nitrogen and oxygen atoms in total. The van der Waals surface area contributed by atoms with Crippen LogP contribution in [0.4, 0.5) is 0 Å². The zero-order valence-electron chi connectivity index (χ0n) is 11.6. The first-order chi connectivity index (χ1) is 8.07. The standard InChI is InChI=1S/C17H17.Li/c1-17(2,3)16-10-6-9-14-13-8-5-4-7-12(13)11-15(14)16;/h4-11H,1-3H3;/q-1;+1. The van der Waals surface area contributed by atoms with Crippen molar-refractivity contribution in [3.05, 3.63) is 54.1 Å². The van der Waals surface area contributed by atoms with Crippen LogP contribution >= 0.6 is 0 Å². The third kappa shape index (κ3) is 2.01. The van der Waals surface area contributed by atoms with E-state index in [2.05, 4.69) is 69.3 Å². The molecule has 0 fully saturated rings. The molecule has 0 bridgehead atoms. The van der Waals surface area contributed by atoms with Gasteiger partial charge in [0.1, 0.15) is 0 Å². The molecule has 0 aliphatic rings. The van der Waals surface area contributed by atoms with Gasteiger partial charge in [-0.15, -0.1) is 33.7 Å². The van der Waals surface area contributed by atoms with Crippen molar-refractivity contribution in [1.82, 2.24) is 0 Å². The molecule has 0 N–H and O–H groups in total. The summed E-state index contributed by atoms with van der Waals surface area (Å²) < 4.78 is 0. The van der Waals surface area contributed by atoms with E-state index in [1.165, 1.54) is 27.1 Å². The summed E-state index contributed by atoms with van der Waals surface area (Å²) in [5, 5.41) is 5.50. The van der Waals surface area contributed by atoms with Gasteiger partial charge in [0, 0.05) is 0 Å². The number of rotatable bonds is 0. The Hall–Kier alpha value is -1.09. The Bertz CT molecular complexity index is 683. The summed E-state index contributed by atoms with van der Waals surface area (Å²) in [4.78, 5) is 0. The topological polar surface area (TPSA) is 0 Å². The van der Waals surface area contributed by atoms with Gasteiger partial charge >= 0.3 is 18.9 Å². The maximum absolute atomic E-state index is 2.32. The molecule has 0 aromatic heterocycles. The summed E-state index contributed by atoms with van der Waals surface area (Å²) in [5.41, 5.74) is 1.63. The van der Waals surface area contributed by atoms with Crippen molar-refractivity contribution >= 4 is 21.5 Å². The summed E-state index contributed by atoms with van der Waals surface area (Å²) in [6.07, 6.45) is 0. The van der Waals surface area contributed by atoms with E-state index >= 15 is 0 Å². The molecule has 86 valence electrons. The quantitative estimate of drug-likeness (QED) is 0.408. The Balaban J connectivity index is 0.00000120. The summed E-state index contributed by atoms with van der Waals surface area (Å²) in [7, 11) is 0. The van der Waals surface area contributed by atoms with E-state index in [4.69, 9.17) is 0 Å². The van der Waals surface area contributed by atoms with Crippen LogP contribution in [0.3, 0.4) is 0 Å². The molecule has 18 heavy (non-hydrogen) atoms. The number of hydrogen-bond donors (Lipinski definition) is 0. The molecule has 3 aromatic rings. The van der Waals surface area contributed by atoms with Crippen molar-refractivity contribution in [3.63, 3.8) is 0 Å². The minimum atomic E-state index is 0. The SMILES string of the molecule is CC(C)(C)c1cccc2c1[cH-]c1ccccc12.[Li+]. The predicted molar refractivity (Wildman–Crippen MR) is 75.7 cm³/mol. The smallest absolute Gasteiger partial charge is 0.126 e. The Morgan fingerprint density at radius 2 is 1.50 bits per heavy atom. The molecule has 0 amide bonds. The first-order valence-electron chi connectivity index (χ1n) is 6.15. The zero-order chi connectivity index (χ0) is 12.0. The summed E-state index contributed by atoms with van der Waals surface area (Å²) in [6, 6.07) is 17.6. The molecule has 0 unspecified atom stereocenters. The van der Waals surface area contributed by atoms with E-state index in [1.54, 1.807) is 0 Å². The monoisotopic (exact) mass is 228 g/mol. The Labute approximate surface area is 121 Å². The van der Waals surface area contributed by atoms with Gasteiger partial charge in [-0.25, -0.2) is 0 Å². The molecule has 0 spiro atoms. The third-order valence-electron chi connectivity index (χ3n) is 3.46. The van der Waals surface area contributed by atoms with E-state index in [0.717, 1.165) is 0 Å². The van der Waals surface area contributed by atoms with Gasteiger partial charge in [0.05, 0.1) is 0 Å². The van der Waals surface area contributed by atoms with E-state index in [-0.39, 0.29) is 24.3 Å². The molecule has 0 heterocycles. The summed E-state index contributed by atoms with van der Waals surface area (Å²) >= 11 is 0. The fourth-order valence-electron chi connectivity index (χ4n) is 2.63. The molecular formula is C17H17Li. The van der Waals surface area contributed by atoms with Gasteiger partial charge < -0.3 is 0 Å². The predicted octanol–water partition coefficient (Wildman–Crippen LogP) is 2.01. The molecule has 0 saturated carbocycles. The number of benzene rings is 2. The van der Waals surface area contributed by atoms with Crippen LogP contribution in [0.25, 0.3) is 21.5 Å². The van der Waals surface area contributed by atoms with E-state index in [0.29, 0.717) is 0 Å². The summed E-state index contributed by atoms with van der Waals surface area (Å²) in [5.74, 6) is 0. The second-order valence-electron chi connectivity index (χ2n) is 5.75. The molecule has 0 aliphatic carbocycles. The Morgan fingerprint density at radius 1 is 0.833 bits per heavy atom. The van der Waals surface area contributed by atoms with Crippen molar-refractivity contribution in [2.45, 2.75) is 26.2 Å². The van der Waals surface area contributed by atoms with Gasteiger partial charge in [-0.05, 0) is 5.41 Å². The third-order valence-corrected chi connectivity index (χ3v) is 3.46. The fourth-order valence-corrected chi connectivity index (χ4v) is 2.63. The van der Waals surface area contributed by atoms with Gasteiger partial charge in [-0.2, -0.15) is 0 Å². The molecule has 0 radical (unpaired) electrons. The molecule has 3 aromatic carbocycles. The van der Waals surface area contributed by atoms with Gasteiger partial charge in [0.25, 0.3) is 0 Å². The van der Waals surface area contributed by atoms with Crippen LogP contribution in [-0.2, 0) is 5.41 Å². The largest absolute Gasteiger partial charge is 1.00 e. The maximum Gasteiger partial charge on any atom is 1.00 e. The normalized spacial score (nSPS) is 11.7. The number of hydrogen-bond acceptors (Lipinski definition) is 0. The van der Waals surface area contributed by atoms with Crippen LogP contribution in [-0.4, -0.2) is 0 Å². The fraction of sp³-hybridized carbons (Fsp3) is 0.235. The molecule has 3 rings (SSSR count). The Kier molecular flexibility index (Phi) is 3.36. The van der Waals surface area contributed by atoms with E-state index < -0.39 is 0 Å². The van der Waals surface area contributed by atoms with Crippen LogP contribution in [0.15, 0.2) is 48.5 Å². The van der Waals surface area contributed by atoms with E-state index in [1.807, 2.05) is 0 Å². The summed E-state index contributed by atoms with van der Waals surface area (Å²) in [6.45, 7) is 6.83. The molecule has 1 heteroatoms. The average Bonchev–Trinajstić information content (AvgIpc) is 2.65. The van der Waals surface area contributed by atoms with Crippen LogP contribution in [0, 0.1) is 0 Å². The van der Waals surface area contributed by atoms with Gasteiger partial charge in [0.2, 0.25) is 0 Å². The molecular weight excluding hydrogens is 211 g/mol. The minimum absolute atomic E-state index is 0. The minimum Gasteiger partial charge on any atom is -0.126 e. The van der Waals surface area contributed by atoms with Crippen molar-refractivity contribution in [1.29, 1.82) is 0 Å². The van der Waals surface area contributed by atoms with Crippen LogP contribution in [0.2, 0.25) is 0 Å². The van der Waals surface area contributed by atoms with Crippen LogP contribution < -0.4 is 18.9 Å². The average molecular weight is 228 g/mol. The maximum atomic E-state index is 2.32. The van der Waals surface area contributed by atoms with Crippen LogP contribution in [0.1, 0.15) is 26.3 Å².